The first kappa shape index (κ1) is 22.6. The molecule has 31 heavy (non-hydrogen) atoms. The quantitative estimate of drug-likeness (QED) is 0.392. The molecular weight excluding hydrogens is 412 g/mol. The molecule has 0 spiro atoms. The largest absolute Gasteiger partial charge is 0.483 e. The molecule has 0 aliphatic carbocycles. The van der Waals surface area contributed by atoms with Gasteiger partial charge in [-0.25, -0.2) is 0 Å². The van der Waals surface area contributed by atoms with Gasteiger partial charge >= 0.3 is 0 Å². The Kier molecular flexibility index (Phi) is 7.46. The third-order valence-corrected chi connectivity index (χ3v) is 5.80. The van der Waals surface area contributed by atoms with Gasteiger partial charge in [-0.1, -0.05) is 30.8 Å². The van der Waals surface area contributed by atoms with Crippen LogP contribution in [0.4, 0.5) is 5.69 Å². The summed E-state index contributed by atoms with van der Waals surface area (Å²) in [5.74, 6) is 1.47. The molecule has 3 rings (SSSR count). The number of ketones is 1. The summed E-state index contributed by atoms with van der Waals surface area (Å²) in [6.45, 7) is 5.54. The zero-order valence-corrected chi connectivity index (χ0v) is 18.9. The third-order valence-electron chi connectivity index (χ3n) is 4.78. The fourth-order valence-corrected chi connectivity index (χ4v) is 3.70. The van der Waals surface area contributed by atoms with Crippen LogP contribution in [0, 0.1) is 0 Å². The van der Waals surface area contributed by atoms with Gasteiger partial charge in [0.15, 0.2) is 22.9 Å². The van der Waals surface area contributed by atoms with E-state index in [1.807, 2.05) is 42.8 Å². The van der Waals surface area contributed by atoms with Crippen LogP contribution in [0.15, 0.2) is 53.7 Å². The van der Waals surface area contributed by atoms with Crippen LogP contribution in [-0.2, 0) is 18.3 Å². The number of thioether (sulfide) groups is 1. The molecule has 0 aliphatic heterocycles. The van der Waals surface area contributed by atoms with Crippen molar-refractivity contribution in [2.45, 2.75) is 38.5 Å². The van der Waals surface area contributed by atoms with Crippen LogP contribution < -0.4 is 10.1 Å². The highest BCUT2D eigenvalue weighted by atomic mass is 32.2. The van der Waals surface area contributed by atoms with E-state index in [1.165, 1.54) is 24.2 Å². The number of ether oxygens (including phenoxy) is 1. The van der Waals surface area contributed by atoms with Gasteiger partial charge in [0.05, 0.1) is 5.75 Å². The molecule has 8 heteroatoms. The van der Waals surface area contributed by atoms with Crippen LogP contribution in [0.2, 0.25) is 0 Å². The standard InChI is InChI=1S/C23H26N4O3S/c1-5-17-6-12-20(13-7-17)30-16(3)22-25-26-23(27(22)4)31-14-21(29)24-19-10-8-18(9-11-19)15(2)28/h6-13,16H,5,14H2,1-4H3,(H,24,29). The maximum atomic E-state index is 12.3. The Morgan fingerprint density at radius 3 is 2.39 bits per heavy atom. The lowest BCUT2D eigenvalue weighted by atomic mass is 10.1. The van der Waals surface area contributed by atoms with Crippen molar-refractivity contribution in [1.29, 1.82) is 0 Å². The van der Waals surface area contributed by atoms with Crippen LogP contribution in [0.1, 0.15) is 48.6 Å². The van der Waals surface area contributed by atoms with Crippen LogP contribution >= 0.6 is 11.8 Å². The van der Waals surface area contributed by atoms with Crippen molar-refractivity contribution < 1.29 is 14.3 Å². The number of benzene rings is 2. The van der Waals surface area contributed by atoms with Gasteiger partial charge in [0.1, 0.15) is 5.75 Å². The first-order valence-electron chi connectivity index (χ1n) is 10.1. The summed E-state index contributed by atoms with van der Waals surface area (Å²) in [5, 5.41) is 11.9. The minimum atomic E-state index is -0.284. The second-order valence-electron chi connectivity index (χ2n) is 7.13. The molecule has 1 aromatic heterocycles. The Balaban J connectivity index is 1.55. The maximum absolute atomic E-state index is 12.3. The molecule has 0 aliphatic rings. The molecule has 1 unspecified atom stereocenters. The zero-order chi connectivity index (χ0) is 22.4. The van der Waals surface area contributed by atoms with Crippen LogP contribution in [0.25, 0.3) is 0 Å². The predicted molar refractivity (Wildman–Crippen MR) is 122 cm³/mol. The highest BCUT2D eigenvalue weighted by Crippen LogP contribution is 2.24. The summed E-state index contributed by atoms with van der Waals surface area (Å²) < 4.78 is 7.83. The number of amides is 1. The lowest BCUT2D eigenvalue weighted by Gasteiger charge is -2.14. The Morgan fingerprint density at radius 2 is 1.77 bits per heavy atom. The molecule has 1 heterocycles. The summed E-state index contributed by atoms with van der Waals surface area (Å²) in [6.07, 6.45) is 0.699. The second-order valence-corrected chi connectivity index (χ2v) is 8.07. The zero-order valence-electron chi connectivity index (χ0n) is 18.1. The lowest BCUT2D eigenvalue weighted by molar-refractivity contribution is -0.113. The third kappa shape index (κ3) is 5.95. The van der Waals surface area contributed by atoms with Gasteiger partial charge in [0.25, 0.3) is 0 Å². The van der Waals surface area contributed by atoms with E-state index in [0.29, 0.717) is 22.2 Å². The van der Waals surface area contributed by atoms with Crippen molar-refractivity contribution in [3.8, 4) is 5.75 Å². The molecule has 1 N–H and O–H groups in total. The van der Waals surface area contributed by atoms with Gasteiger partial charge in [-0.15, -0.1) is 10.2 Å². The molecule has 7 nitrogen and oxygen atoms in total. The van der Waals surface area contributed by atoms with Crippen molar-refractivity contribution in [2.75, 3.05) is 11.1 Å². The molecule has 1 amide bonds. The number of rotatable bonds is 9. The van der Waals surface area contributed by atoms with E-state index < -0.39 is 0 Å². The molecule has 2 aromatic carbocycles. The highest BCUT2D eigenvalue weighted by Gasteiger charge is 2.18. The van der Waals surface area contributed by atoms with Crippen molar-refractivity contribution in [1.82, 2.24) is 14.8 Å². The molecule has 0 saturated heterocycles. The number of hydrogen-bond acceptors (Lipinski definition) is 6. The number of carbonyl (C=O) groups excluding carboxylic acids is 2. The van der Waals surface area contributed by atoms with Crippen molar-refractivity contribution in [2.24, 2.45) is 7.05 Å². The minimum absolute atomic E-state index is 0.0114. The average molecular weight is 439 g/mol. The van der Waals surface area contributed by atoms with E-state index >= 15 is 0 Å². The fourth-order valence-electron chi connectivity index (χ4n) is 2.98. The number of Topliss-reactive ketones (excluding diaryl/α,β-unsaturated/α-hetero) is 1. The molecule has 162 valence electrons. The monoisotopic (exact) mass is 438 g/mol. The van der Waals surface area contributed by atoms with Crippen molar-refractivity contribution in [3.63, 3.8) is 0 Å². The fraction of sp³-hybridized carbons (Fsp3) is 0.304. The Labute approximate surface area is 186 Å². The normalized spacial score (nSPS) is 11.7. The van der Waals surface area contributed by atoms with Crippen molar-refractivity contribution >= 4 is 29.1 Å². The summed E-state index contributed by atoms with van der Waals surface area (Å²) >= 11 is 1.30. The molecule has 0 saturated carbocycles. The SMILES string of the molecule is CCc1ccc(OC(C)c2nnc(SCC(=O)Nc3ccc(C(C)=O)cc3)n2C)cc1. The number of hydrogen-bond donors (Lipinski definition) is 1. The number of aromatic nitrogens is 3. The smallest absolute Gasteiger partial charge is 0.234 e. The van der Waals surface area contributed by atoms with Crippen molar-refractivity contribution in [3.05, 3.63) is 65.5 Å². The van der Waals surface area contributed by atoms with Gasteiger partial charge < -0.3 is 14.6 Å². The summed E-state index contributed by atoms with van der Waals surface area (Å²) in [7, 11) is 1.86. The first-order valence-corrected chi connectivity index (χ1v) is 11.0. The van der Waals surface area contributed by atoms with Crippen LogP contribution in [0.5, 0.6) is 5.75 Å². The van der Waals surface area contributed by atoms with E-state index in [2.05, 4.69) is 22.4 Å². The summed E-state index contributed by atoms with van der Waals surface area (Å²) in [6, 6.07) is 14.8. The number of aryl methyl sites for hydroxylation is 1. The lowest BCUT2D eigenvalue weighted by Crippen LogP contribution is -2.15. The van der Waals surface area contributed by atoms with Crippen LogP contribution in [0.3, 0.4) is 0 Å². The van der Waals surface area contributed by atoms with E-state index in [-0.39, 0.29) is 23.5 Å². The van der Waals surface area contributed by atoms with Gasteiger partial charge in [0, 0.05) is 18.3 Å². The van der Waals surface area contributed by atoms with E-state index in [4.69, 9.17) is 4.74 Å². The number of carbonyl (C=O) groups is 2. The maximum Gasteiger partial charge on any atom is 0.234 e. The average Bonchev–Trinajstić information content (AvgIpc) is 3.13. The van der Waals surface area contributed by atoms with Gasteiger partial charge in [0.2, 0.25) is 5.91 Å². The van der Waals surface area contributed by atoms with Gasteiger partial charge in [-0.2, -0.15) is 0 Å². The van der Waals surface area contributed by atoms with E-state index in [0.717, 1.165) is 12.2 Å². The first-order chi connectivity index (χ1) is 14.9. The summed E-state index contributed by atoms with van der Waals surface area (Å²) in [4.78, 5) is 23.6. The Hall–Kier alpha value is -3.13. The second kappa shape index (κ2) is 10.3. The number of nitrogens with one attached hydrogen (secondary N) is 1. The molecule has 0 fully saturated rings. The van der Waals surface area contributed by atoms with E-state index in [1.54, 1.807) is 24.3 Å². The molecule has 0 radical (unpaired) electrons. The number of anilines is 1. The Bertz CT molecular complexity index is 1050. The van der Waals surface area contributed by atoms with Gasteiger partial charge in [-0.3, -0.25) is 9.59 Å². The topological polar surface area (TPSA) is 86.1 Å². The molecule has 1 atom stereocenters. The van der Waals surface area contributed by atoms with E-state index in [9.17, 15) is 9.59 Å². The van der Waals surface area contributed by atoms with Crippen LogP contribution in [-0.4, -0.2) is 32.2 Å². The van der Waals surface area contributed by atoms with Gasteiger partial charge in [-0.05, 0) is 62.2 Å². The molecule has 0 bridgehead atoms. The predicted octanol–water partition coefficient (Wildman–Crippen LogP) is 4.45. The Morgan fingerprint density at radius 1 is 1.10 bits per heavy atom. The minimum Gasteiger partial charge on any atom is -0.483 e. The number of nitrogens with zero attached hydrogens (tertiary/aromatic N) is 3. The molecule has 3 aromatic rings. The summed E-state index contributed by atoms with van der Waals surface area (Å²) in [5.41, 5.74) is 2.51. The highest BCUT2D eigenvalue weighted by molar-refractivity contribution is 7.99. The molecular formula is C23H26N4O3S.